The first-order valence-electron chi connectivity index (χ1n) is 4.75. The van der Waals surface area contributed by atoms with Gasteiger partial charge in [-0.3, -0.25) is 0 Å². The minimum Gasteiger partial charge on any atom is -0.0889 e. The van der Waals surface area contributed by atoms with Gasteiger partial charge in [0.25, 0.3) is 0 Å². The maximum absolute atomic E-state index is 3.55. The second kappa shape index (κ2) is 4.91. The molecular weight excluding hydrogens is 267 g/mol. The van der Waals surface area contributed by atoms with Gasteiger partial charge in [-0.15, -0.1) is 0 Å². The molecule has 15 heavy (non-hydrogen) atoms. The molecule has 0 aromatic heterocycles. The van der Waals surface area contributed by atoms with E-state index in [1.165, 1.54) is 15.3 Å². The number of halogens is 1. The zero-order chi connectivity index (χ0) is 10.7. The lowest BCUT2D eigenvalue weighted by Gasteiger charge is -2.04. The van der Waals surface area contributed by atoms with Crippen molar-refractivity contribution >= 4 is 41.0 Å². The van der Waals surface area contributed by atoms with Gasteiger partial charge in [0.05, 0.1) is 0 Å². The van der Waals surface area contributed by atoms with Gasteiger partial charge in [0, 0.05) is 14.3 Å². The summed E-state index contributed by atoms with van der Waals surface area (Å²) in [6, 6.07) is 16.8. The minimum absolute atomic E-state index is 1.15. The molecule has 0 radical (unpaired) electrons. The van der Waals surface area contributed by atoms with Gasteiger partial charge in [0.1, 0.15) is 7.85 Å². The van der Waals surface area contributed by atoms with Crippen molar-refractivity contribution < 1.29 is 0 Å². The zero-order valence-corrected chi connectivity index (χ0v) is 10.8. The first-order valence-corrected chi connectivity index (χ1v) is 6.36. The summed E-state index contributed by atoms with van der Waals surface area (Å²) < 4.78 is 1.15. The largest absolute Gasteiger partial charge is 0.139 e. The minimum atomic E-state index is 1.15. The van der Waals surface area contributed by atoms with Crippen molar-refractivity contribution in [3.63, 3.8) is 0 Å². The third-order valence-electron chi connectivity index (χ3n) is 2.05. The van der Waals surface area contributed by atoms with Crippen molar-refractivity contribution in [2.75, 3.05) is 0 Å². The number of benzene rings is 2. The molecule has 0 saturated heterocycles. The highest BCUT2D eigenvalue weighted by Crippen LogP contribution is 2.32. The topological polar surface area (TPSA) is 0 Å². The molecule has 74 valence electrons. The fourth-order valence-corrected chi connectivity index (χ4v) is 2.82. The Hall–Kier alpha value is -0.665. The Labute approximate surface area is 104 Å². The molecule has 2 rings (SSSR count). The summed E-state index contributed by atoms with van der Waals surface area (Å²) in [6.45, 7) is 0. The van der Waals surface area contributed by atoms with E-state index in [4.69, 9.17) is 0 Å². The van der Waals surface area contributed by atoms with Crippen LogP contribution in [0.1, 0.15) is 0 Å². The van der Waals surface area contributed by atoms with Crippen molar-refractivity contribution in [2.45, 2.75) is 9.79 Å². The average Bonchev–Trinajstić information content (AvgIpc) is 2.22. The summed E-state index contributed by atoms with van der Waals surface area (Å²) in [6.07, 6.45) is 0. The van der Waals surface area contributed by atoms with Crippen molar-refractivity contribution in [1.29, 1.82) is 0 Å². The van der Waals surface area contributed by atoms with Crippen LogP contribution in [0, 0.1) is 0 Å². The molecule has 0 bridgehead atoms. The molecule has 0 saturated carbocycles. The smallest absolute Gasteiger partial charge is 0.0889 e. The Morgan fingerprint density at radius 1 is 1.00 bits per heavy atom. The van der Waals surface area contributed by atoms with Crippen molar-refractivity contribution in [2.24, 2.45) is 0 Å². The molecule has 0 unspecified atom stereocenters. The van der Waals surface area contributed by atoms with Crippen molar-refractivity contribution in [3.05, 3.63) is 53.0 Å². The van der Waals surface area contributed by atoms with E-state index in [9.17, 15) is 0 Å². The maximum Gasteiger partial charge on any atom is 0.139 e. The number of rotatable bonds is 2. The first-order chi connectivity index (χ1) is 7.25. The van der Waals surface area contributed by atoms with Gasteiger partial charge in [-0.25, -0.2) is 0 Å². The van der Waals surface area contributed by atoms with Gasteiger partial charge in [-0.1, -0.05) is 47.6 Å². The van der Waals surface area contributed by atoms with Crippen LogP contribution in [0.5, 0.6) is 0 Å². The Bertz CT molecular complexity index is 471. The molecular formula is C12H10BBrS. The van der Waals surface area contributed by atoms with Gasteiger partial charge in [-0.05, 0) is 34.1 Å². The molecule has 0 aliphatic rings. The van der Waals surface area contributed by atoms with Gasteiger partial charge in [-0.2, -0.15) is 0 Å². The second-order valence-electron chi connectivity index (χ2n) is 3.35. The lowest BCUT2D eigenvalue weighted by molar-refractivity contribution is 1.38. The molecule has 0 spiro atoms. The van der Waals surface area contributed by atoms with Crippen LogP contribution in [0.2, 0.25) is 0 Å². The van der Waals surface area contributed by atoms with E-state index in [-0.39, 0.29) is 0 Å². The lowest BCUT2D eigenvalue weighted by atomic mass is 9.97. The van der Waals surface area contributed by atoms with Crippen LogP contribution >= 0.6 is 27.7 Å². The van der Waals surface area contributed by atoms with Crippen LogP contribution in [0.25, 0.3) is 0 Å². The van der Waals surface area contributed by atoms with E-state index in [0.717, 1.165) is 4.47 Å². The Morgan fingerprint density at radius 3 is 2.53 bits per heavy atom. The highest BCUT2D eigenvalue weighted by atomic mass is 79.9. The van der Waals surface area contributed by atoms with Crippen LogP contribution < -0.4 is 5.46 Å². The third-order valence-corrected chi connectivity index (χ3v) is 4.07. The van der Waals surface area contributed by atoms with Gasteiger partial charge in [0.2, 0.25) is 0 Å². The standard InChI is InChI=1S/C12H10BBrS/c13-9-4-3-5-10(8-9)15-12-7-2-1-6-11(12)14/h1-8H,13H2. The Balaban J connectivity index is 2.26. The Kier molecular flexibility index (Phi) is 3.55. The molecule has 0 fully saturated rings. The highest BCUT2D eigenvalue weighted by Gasteiger charge is 2.00. The second-order valence-corrected chi connectivity index (χ2v) is 5.32. The fourth-order valence-electron chi connectivity index (χ4n) is 1.33. The predicted octanol–water partition coefficient (Wildman–Crippen LogP) is 2.86. The van der Waals surface area contributed by atoms with E-state index in [1.54, 1.807) is 11.8 Å². The third kappa shape index (κ3) is 2.89. The molecule has 2 aromatic carbocycles. The lowest BCUT2D eigenvalue weighted by Crippen LogP contribution is -1.99. The van der Waals surface area contributed by atoms with Crippen LogP contribution in [0.3, 0.4) is 0 Å². The summed E-state index contributed by atoms with van der Waals surface area (Å²) >= 11 is 5.33. The summed E-state index contributed by atoms with van der Waals surface area (Å²) in [5.74, 6) is 0. The SMILES string of the molecule is Bc1cccc(Sc2ccccc2Br)c1. The summed E-state index contributed by atoms with van der Waals surface area (Å²) in [7, 11) is 2.12. The van der Waals surface area contributed by atoms with Crippen LogP contribution in [0.4, 0.5) is 0 Å². The zero-order valence-electron chi connectivity index (χ0n) is 8.41. The van der Waals surface area contributed by atoms with Gasteiger partial charge in [0.15, 0.2) is 0 Å². The van der Waals surface area contributed by atoms with E-state index in [1.807, 2.05) is 6.07 Å². The van der Waals surface area contributed by atoms with E-state index >= 15 is 0 Å². The summed E-state index contributed by atoms with van der Waals surface area (Å²) in [5, 5.41) is 0. The molecule has 0 aliphatic heterocycles. The molecule has 0 nitrogen and oxygen atoms in total. The van der Waals surface area contributed by atoms with E-state index in [0.29, 0.717) is 0 Å². The van der Waals surface area contributed by atoms with Gasteiger partial charge < -0.3 is 0 Å². The monoisotopic (exact) mass is 276 g/mol. The highest BCUT2D eigenvalue weighted by molar-refractivity contribution is 9.10. The first kappa shape index (κ1) is 10.8. The van der Waals surface area contributed by atoms with Crippen LogP contribution in [-0.2, 0) is 0 Å². The number of hydrogen-bond acceptors (Lipinski definition) is 1. The Morgan fingerprint density at radius 2 is 1.80 bits per heavy atom. The normalized spacial score (nSPS) is 10.2. The molecule has 0 amide bonds. The summed E-state index contributed by atoms with van der Waals surface area (Å²) in [4.78, 5) is 2.53. The van der Waals surface area contributed by atoms with Gasteiger partial charge >= 0.3 is 0 Å². The summed E-state index contributed by atoms with van der Waals surface area (Å²) in [5.41, 5.74) is 1.30. The molecule has 0 N–H and O–H groups in total. The quantitative estimate of drug-likeness (QED) is 0.760. The molecule has 0 aliphatic carbocycles. The molecule has 0 heterocycles. The van der Waals surface area contributed by atoms with Crippen molar-refractivity contribution in [3.8, 4) is 0 Å². The van der Waals surface area contributed by atoms with Crippen LogP contribution in [0.15, 0.2) is 62.8 Å². The average molecular weight is 277 g/mol. The van der Waals surface area contributed by atoms with E-state index < -0.39 is 0 Å². The van der Waals surface area contributed by atoms with E-state index in [2.05, 4.69) is 66.2 Å². The maximum atomic E-state index is 3.55. The van der Waals surface area contributed by atoms with Crippen molar-refractivity contribution in [1.82, 2.24) is 0 Å². The molecule has 2 aromatic rings. The molecule has 3 heteroatoms. The number of hydrogen-bond donors (Lipinski definition) is 0. The predicted molar refractivity (Wildman–Crippen MR) is 72.9 cm³/mol. The fraction of sp³-hybridized carbons (Fsp3) is 0. The molecule has 0 atom stereocenters. The van der Waals surface area contributed by atoms with Crippen LogP contribution in [-0.4, -0.2) is 7.85 Å².